The number of rotatable bonds is 12. The fourth-order valence-electron chi connectivity index (χ4n) is 2.67. The summed E-state index contributed by atoms with van der Waals surface area (Å²) in [4.78, 5) is 67.4. The van der Waals surface area contributed by atoms with Gasteiger partial charge in [0.05, 0.1) is 18.5 Å². The Morgan fingerprint density at radius 1 is 0.513 bits per heavy atom. The van der Waals surface area contributed by atoms with Gasteiger partial charge in [-0.3, -0.25) is 0 Å². The molecule has 9 atom stereocenters. The topological polar surface area (TPSA) is 329 Å². The number of carboxylic acid groups (broad SMARTS) is 3. The summed E-state index contributed by atoms with van der Waals surface area (Å²) in [6.07, 6.45) is -21.7. The molecule has 1 rings (SSSR count). The number of aliphatic hydroxyl groups is 3. The summed E-state index contributed by atoms with van der Waals surface area (Å²) in [7, 11) is -16.9. The van der Waals surface area contributed by atoms with Crippen LogP contribution < -0.4 is 207 Å². The summed E-state index contributed by atoms with van der Waals surface area (Å²) < 4.78 is 48.6. The van der Waals surface area contributed by atoms with E-state index in [9.17, 15) is 73.4 Å². The summed E-state index contributed by atoms with van der Waals surface area (Å²) in [5.41, 5.74) is 0. The molecule has 18 nitrogen and oxygen atoms in total. The van der Waals surface area contributed by atoms with E-state index in [0.29, 0.717) is 0 Å². The number of carbonyl (C=O) groups is 3. The van der Waals surface area contributed by atoms with Gasteiger partial charge in [-0.05, 0) is 0 Å². The quantitative estimate of drug-likeness (QED) is 0.127. The van der Waals surface area contributed by atoms with Crippen LogP contribution in [0.3, 0.4) is 0 Å². The van der Waals surface area contributed by atoms with Crippen LogP contribution in [0.4, 0.5) is 0 Å². The maximum atomic E-state index is 11.9. The van der Waals surface area contributed by atoms with Crippen LogP contribution in [0.5, 0.6) is 0 Å². The number of carbonyl (C=O) groups excluding carboxylic acids is 3. The molecule has 0 heterocycles. The third kappa shape index (κ3) is 20.6. The molecular weight excluding hydrogens is 663 g/mol. The molecule has 0 radical (unpaired) electrons. The Hall–Kier alpha value is 4.74. The third-order valence-electron chi connectivity index (χ3n) is 3.84. The normalized spacial score (nSPS) is 28.2. The Balaban J connectivity index is -0.000000454. The molecule has 1 aliphatic carbocycles. The molecule has 1 saturated carbocycles. The Labute approximate surface area is 354 Å². The fourth-order valence-corrected chi connectivity index (χ4v) is 5.69. The minimum absolute atomic E-state index is 0. The van der Waals surface area contributed by atoms with Gasteiger partial charge in [-0.25, -0.2) is 0 Å². The van der Waals surface area contributed by atoms with E-state index in [2.05, 4.69) is 13.6 Å². The predicted molar refractivity (Wildman–Crippen MR) is 85.1 cm³/mol. The molecule has 0 aromatic rings. The molecule has 39 heavy (non-hydrogen) atoms. The van der Waals surface area contributed by atoms with Crippen LogP contribution in [0.2, 0.25) is 0 Å². The molecule has 1 fully saturated rings. The zero-order chi connectivity index (χ0) is 25.9. The number of hydrogen-bond donors (Lipinski definition) is 3. The first-order valence-corrected chi connectivity index (χ1v) is 13.5. The number of aliphatic carboxylic acids is 3. The van der Waals surface area contributed by atoms with Crippen molar-refractivity contribution in [1.29, 1.82) is 0 Å². The van der Waals surface area contributed by atoms with Gasteiger partial charge in [0, 0.05) is 17.9 Å². The van der Waals surface area contributed by atoms with Crippen molar-refractivity contribution in [2.75, 3.05) is 18.5 Å². The minimum atomic E-state index is -5.67. The van der Waals surface area contributed by atoms with Crippen molar-refractivity contribution in [2.45, 2.75) is 36.6 Å². The van der Waals surface area contributed by atoms with Crippen molar-refractivity contribution in [3.63, 3.8) is 0 Å². The van der Waals surface area contributed by atoms with E-state index < -0.39 is 95.8 Å². The van der Waals surface area contributed by atoms with Crippen LogP contribution in [0.25, 0.3) is 0 Å². The Morgan fingerprint density at radius 2 is 0.718 bits per heavy atom. The number of carboxylic acids is 3. The van der Waals surface area contributed by atoms with Gasteiger partial charge in [0.15, 0.2) is 0 Å². The molecule has 0 aromatic carbocycles. The van der Waals surface area contributed by atoms with Crippen LogP contribution >= 0.6 is 22.8 Å². The van der Waals surface area contributed by atoms with Gasteiger partial charge in [0.2, 0.25) is 0 Å². The van der Waals surface area contributed by atoms with Crippen LogP contribution in [-0.2, 0) is 41.6 Å². The molecule has 0 spiro atoms. The van der Waals surface area contributed by atoms with Crippen molar-refractivity contribution < 1.29 is 264 Å². The Bertz CT molecular complexity index is 874. The summed E-state index contributed by atoms with van der Waals surface area (Å²) in [5.74, 6) is -6.75. The third-order valence-corrected chi connectivity index (χ3v) is 7.47. The van der Waals surface area contributed by atoms with E-state index in [4.69, 9.17) is 0 Å². The largest absolute Gasteiger partial charge is 1.00 e. The van der Waals surface area contributed by atoms with E-state index in [1.807, 2.05) is 0 Å². The first-order chi connectivity index (χ1) is 14.8. The minimum Gasteiger partial charge on any atom is -0.778 e. The van der Waals surface area contributed by atoms with Crippen molar-refractivity contribution in [3.05, 3.63) is 0 Å². The van der Waals surface area contributed by atoms with Gasteiger partial charge >= 0.3 is 177 Å². The second-order valence-electron chi connectivity index (χ2n) is 6.60. The molecule has 5 unspecified atom stereocenters. The first-order valence-electron chi connectivity index (χ1n) is 8.36. The van der Waals surface area contributed by atoms with Crippen molar-refractivity contribution in [2.24, 2.45) is 0 Å². The van der Waals surface area contributed by atoms with E-state index >= 15 is 0 Å². The predicted octanol–water partition coefficient (Wildman–Crippen LogP) is -26.8. The van der Waals surface area contributed by atoms with Crippen molar-refractivity contribution in [3.8, 4) is 0 Å². The molecule has 0 saturated heterocycles. The van der Waals surface area contributed by atoms with E-state index in [0.717, 1.165) is 0 Å². The molecule has 0 amide bonds. The SMILES string of the molecule is O=C([O-])CP(=O)([O-])OC1[C@H](OP(=O)([O-])CC(=O)[O-])[C@H](O)C(O)[C@H](O)[C@H]1OP(=O)([O-])CC(=O)[O-].[Na+].[Na+].[Na+].[Na+].[Na+].[Na+]. The van der Waals surface area contributed by atoms with Crippen LogP contribution in [-0.4, -0.2) is 88.3 Å². The first kappa shape index (κ1) is 56.1. The Morgan fingerprint density at radius 3 is 0.923 bits per heavy atom. The van der Waals surface area contributed by atoms with Crippen LogP contribution in [0.1, 0.15) is 0 Å². The Kier molecular flexibility index (Phi) is 34.5. The van der Waals surface area contributed by atoms with E-state index in [1.165, 1.54) is 0 Å². The number of hydrogen-bond acceptors (Lipinski definition) is 18. The van der Waals surface area contributed by atoms with Crippen LogP contribution in [0.15, 0.2) is 0 Å². The van der Waals surface area contributed by atoms with E-state index in [1.54, 1.807) is 0 Å². The summed E-state index contributed by atoms with van der Waals surface area (Å²) >= 11 is 0. The van der Waals surface area contributed by atoms with Crippen LogP contribution in [0, 0.1) is 0 Å². The number of aliphatic hydroxyl groups excluding tert-OH is 3. The maximum Gasteiger partial charge on any atom is 1.00 e. The van der Waals surface area contributed by atoms with E-state index in [-0.39, 0.29) is 177 Å². The maximum absolute atomic E-state index is 11.9. The molecular formula is C12H15Na6O18P3. The zero-order valence-corrected chi connectivity index (χ0v) is 36.6. The van der Waals surface area contributed by atoms with Gasteiger partial charge in [-0.15, -0.1) is 0 Å². The summed E-state index contributed by atoms with van der Waals surface area (Å²) in [6, 6.07) is 0. The van der Waals surface area contributed by atoms with Crippen molar-refractivity contribution in [1.82, 2.24) is 0 Å². The molecule has 0 bridgehead atoms. The van der Waals surface area contributed by atoms with Gasteiger partial charge in [0.1, 0.15) is 59.4 Å². The van der Waals surface area contributed by atoms with Gasteiger partial charge < -0.3 is 87.0 Å². The second-order valence-corrected chi connectivity index (χ2v) is 11.9. The smallest absolute Gasteiger partial charge is 0.778 e. The molecule has 0 aliphatic heterocycles. The monoisotopic (exact) mass is 678 g/mol. The zero-order valence-electron chi connectivity index (χ0n) is 21.9. The molecule has 192 valence electrons. The molecule has 3 N–H and O–H groups in total. The fraction of sp³-hybridized carbons (Fsp3) is 0.750. The van der Waals surface area contributed by atoms with Gasteiger partial charge in [-0.1, -0.05) is 0 Å². The molecule has 0 aromatic heterocycles. The second kappa shape index (κ2) is 24.0. The summed E-state index contributed by atoms with van der Waals surface area (Å²) in [6.45, 7) is 0. The molecule has 1 aliphatic rings. The average Bonchev–Trinajstić information content (AvgIpc) is 2.56. The summed E-state index contributed by atoms with van der Waals surface area (Å²) in [5, 5.41) is 61.7. The standard InChI is InChI=1S/C12H21O18P3.6Na/c13-4(14)1-31(22,23)28-10-8(20)7(19)9(21)11(29-32(24,25)2-5(15)16)12(10)30-33(26,27)3-6(17)18;;;;;;/h7-12,19-21H,1-3H2,(H,13,14)(H,15,16)(H,17,18)(H,22,23)(H,24,25)(H,26,27);;;;;;/q;6*+1/p-6/t7?,8-,9+,10-,11-,12?;;;;;;/m1....../s1. The van der Waals surface area contributed by atoms with Crippen molar-refractivity contribution >= 4 is 40.7 Å². The van der Waals surface area contributed by atoms with Gasteiger partial charge in [0.25, 0.3) is 0 Å². The average molecular weight is 678 g/mol. The van der Waals surface area contributed by atoms with Gasteiger partial charge in [-0.2, -0.15) is 0 Å². The molecule has 27 heteroatoms.